The van der Waals surface area contributed by atoms with Gasteiger partial charge < -0.3 is 49.9 Å². The van der Waals surface area contributed by atoms with E-state index in [-0.39, 0.29) is 79.6 Å². The maximum atomic E-state index is 15.7. The zero-order chi connectivity index (χ0) is 56.8. The first-order valence-electron chi connectivity index (χ1n) is 30.3. The van der Waals surface area contributed by atoms with E-state index in [9.17, 15) is 20.5 Å². The number of hydrogen-bond acceptors (Lipinski definition) is 13. The topological polar surface area (TPSA) is 199 Å². The number of ether oxygens (including phenoxy) is 5. The summed E-state index contributed by atoms with van der Waals surface area (Å²) >= 11 is 0. The van der Waals surface area contributed by atoms with Crippen LogP contribution < -0.4 is 11.2 Å². The van der Waals surface area contributed by atoms with Crippen LogP contribution in [0.4, 0.5) is 0 Å². The first-order chi connectivity index (χ1) is 37.6. The number of fused-ring (bicyclic) bond motifs is 5. The molecule has 436 valence electrons. The molecule has 2 bridgehead atoms. The van der Waals surface area contributed by atoms with Gasteiger partial charge in [0.2, 0.25) is 6.29 Å². The Morgan fingerprint density at radius 3 is 2.49 bits per heavy atom. The first kappa shape index (κ1) is 59.7. The standard InChI is InChI=1S/C66H96N2O11/c1-38(2)14-13-26-64(10)27-24-50-55(77-62(73)43-15-11-17-46(21-20-43)75-58-32-45(70)31-47(36-69)76-58)35-65(37-67)28-25-54(42(7)51-30-44-16-12-18-48(44)41(51)6)66(29-23-40(5)61(72)68-74)56(71)34-57(63(66,8)9)78-60(65)53-33-52(53)49(59(50)79-64)22-19-39(3)4/h11-12,14,17-18,24-25,27-28,39-42,45,47,49,51-55,57-58,60-61,68-70,72,74H,13,16,19-23,26,29-37,67H2,1-10H3. The number of hydroxylamine groups is 1. The summed E-state index contributed by atoms with van der Waals surface area (Å²) in [6.45, 7) is 22.1. The molecule has 2 saturated carbocycles. The zero-order valence-corrected chi connectivity index (χ0v) is 49.2. The van der Waals surface area contributed by atoms with E-state index in [1.807, 2.05) is 6.92 Å². The molecule has 79 heavy (non-hydrogen) atoms. The lowest BCUT2D eigenvalue weighted by Gasteiger charge is -2.50. The lowest BCUT2D eigenvalue weighted by molar-refractivity contribution is -0.207. The van der Waals surface area contributed by atoms with Crippen LogP contribution in [0, 0.1) is 69.5 Å². The third-order valence-corrected chi connectivity index (χ3v) is 20.9. The molecule has 18 unspecified atom stereocenters. The van der Waals surface area contributed by atoms with Gasteiger partial charge in [-0.25, -0.2) is 4.79 Å². The Morgan fingerprint density at radius 2 is 1.78 bits per heavy atom. The summed E-state index contributed by atoms with van der Waals surface area (Å²) in [5.41, 5.74) is 15.1. The van der Waals surface area contributed by atoms with Crippen molar-refractivity contribution in [2.75, 3.05) is 13.2 Å². The van der Waals surface area contributed by atoms with Crippen LogP contribution in [-0.2, 0) is 33.3 Å². The minimum atomic E-state index is -1.15. The number of nitrogens with two attached hydrogens (primary N) is 1. The van der Waals surface area contributed by atoms with Crippen molar-refractivity contribution >= 4 is 11.8 Å². The third-order valence-electron chi connectivity index (χ3n) is 20.9. The summed E-state index contributed by atoms with van der Waals surface area (Å²) < 4.78 is 34.6. The van der Waals surface area contributed by atoms with Crippen molar-refractivity contribution < 1.29 is 53.8 Å². The number of carbonyl (C=O) groups excluding carboxylic acids is 2. The van der Waals surface area contributed by atoms with Gasteiger partial charge in [-0.15, -0.1) is 5.73 Å². The van der Waals surface area contributed by atoms with Gasteiger partial charge in [-0.1, -0.05) is 102 Å². The summed E-state index contributed by atoms with van der Waals surface area (Å²) in [5.74, 6) is 1.94. The molecule has 1 saturated heterocycles. The molecule has 9 aliphatic rings. The Labute approximate surface area is 471 Å². The molecule has 0 aromatic rings. The minimum absolute atomic E-state index is 0.00227. The van der Waals surface area contributed by atoms with E-state index in [4.69, 9.17) is 29.4 Å². The zero-order valence-electron chi connectivity index (χ0n) is 49.2. The third kappa shape index (κ3) is 12.0. The monoisotopic (exact) mass is 1090 g/mol. The molecule has 3 fully saturated rings. The molecule has 0 spiro atoms. The fourth-order valence-electron chi connectivity index (χ4n) is 15.9. The van der Waals surface area contributed by atoms with Gasteiger partial charge >= 0.3 is 5.97 Å². The number of nitrogens with one attached hydrogen (secondary N) is 1. The van der Waals surface area contributed by atoms with Gasteiger partial charge in [-0.2, -0.15) is 5.48 Å². The normalized spacial score (nSPS) is 38.5. The number of aliphatic hydroxyl groups is 3. The van der Waals surface area contributed by atoms with Crippen LogP contribution in [0.2, 0.25) is 0 Å². The van der Waals surface area contributed by atoms with Crippen molar-refractivity contribution in [2.24, 2.45) is 75.2 Å². The van der Waals surface area contributed by atoms with Crippen molar-refractivity contribution in [3.63, 3.8) is 0 Å². The van der Waals surface area contributed by atoms with Crippen molar-refractivity contribution in [3.8, 4) is 0 Å². The Hall–Kier alpha value is -3.88. The van der Waals surface area contributed by atoms with Gasteiger partial charge in [-0.3, -0.25) is 4.79 Å². The average molecular weight is 1090 g/mol. The second kappa shape index (κ2) is 24.1. The quantitative estimate of drug-likeness (QED) is 0.0235. The van der Waals surface area contributed by atoms with Crippen LogP contribution in [0.5, 0.6) is 0 Å². The number of esters is 1. The van der Waals surface area contributed by atoms with Gasteiger partial charge in [0.25, 0.3) is 0 Å². The lowest BCUT2D eigenvalue weighted by Crippen LogP contribution is -2.52. The van der Waals surface area contributed by atoms with Gasteiger partial charge in [0.1, 0.15) is 35.2 Å². The number of Topliss-reactive ketones (excluding diaryl/α,β-unsaturated/α-hetero) is 1. The maximum absolute atomic E-state index is 15.7. The van der Waals surface area contributed by atoms with Crippen LogP contribution in [0.25, 0.3) is 0 Å². The number of allylic oxidation sites excluding steroid dienone is 10. The number of hydrogen-bond donors (Lipinski definition) is 6. The Kier molecular flexibility index (Phi) is 18.3. The molecule has 0 amide bonds. The summed E-state index contributed by atoms with van der Waals surface area (Å²) in [7, 11) is 0. The van der Waals surface area contributed by atoms with Gasteiger partial charge in [0.05, 0.1) is 36.6 Å². The lowest BCUT2D eigenvalue weighted by atomic mass is 9.52. The largest absolute Gasteiger partial charge is 0.487 e. The minimum Gasteiger partial charge on any atom is -0.487 e. The second-order valence-electron chi connectivity index (χ2n) is 27.1. The molecule has 18 atom stereocenters. The highest BCUT2D eigenvalue weighted by molar-refractivity contribution is 5.90. The van der Waals surface area contributed by atoms with E-state index in [1.54, 1.807) is 12.2 Å². The molecule has 13 nitrogen and oxygen atoms in total. The van der Waals surface area contributed by atoms with E-state index < -0.39 is 70.9 Å². The number of aliphatic hydroxyl groups excluding tert-OH is 3. The highest BCUT2D eigenvalue weighted by Crippen LogP contribution is 2.66. The van der Waals surface area contributed by atoms with Crippen LogP contribution in [0.1, 0.15) is 166 Å². The van der Waals surface area contributed by atoms with Gasteiger partial charge in [-0.05, 0) is 150 Å². The SMILES string of the molecule is CC(C)=CCCC1(C)C=CC2=C(O1)C(CCC(C)C)C1CC1C1OC3CC(=O)C(CCC(C)C(O)NO)(C(C(C)C4CC5=C(C=CC5)C4C)C=CC1(CN)CC2OC(=O)C1=C=CC=C(OC2CC(O)CC(CO)O2)CC1)C3(C)C. The molecule has 7 N–H and O–H groups in total. The molecular formula is C66H96N2O11. The first-order valence-corrected chi connectivity index (χ1v) is 30.3. The van der Waals surface area contributed by atoms with Crippen molar-refractivity contribution in [2.45, 2.75) is 214 Å². The van der Waals surface area contributed by atoms with Crippen LogP contribution in [0.15, 0.2) is 99.8 Å². The Balaban J connectivity index is 1.16. The molecule has 0 aromatic heterocycles. The molecule has 6 aliphatic carbocycles. The second-order valence-corrected chi connectivity index (χ2v) is 27.1. The van der Waals surface area contributed by atoms with E-state index in [0.717, 1.165) is 56.3 Å². The summed E-state index contributed by atoms with van der Waals surface area (Å²) in [6, 6.07) is 0. The summed E-state index contributed by atoms with van der Waals surface area (Å²) in [4.78, 5) is 30.8. The molecular weight excluding hydrogens is 997 g/mol. The van der Waals surface area contributed by atoms with Gasteiger partial charge in [0.15, 0.2) is 0 Å². The summed E-state index contributed by atoms with van der Waals surface area (Å²) in [5, 5.41) is 41.1. The van der Waals surface area contributed by atoms with Gasteiger partial charge in [0, 0.05) is 66.4 Å². The number of carbonyl (C=O) groups is 2. The van der Waals surface area contributed by atoms with E-state index >= 15 is 9.59 Å². The van der Waals surface area contributed by atoms with Crippen LogP contribution in [0.3, 0.4) is 0 Å². The van der Waals surface area contributed by atoms with Crippen molar-refractivity contribution in [1.82, 2.24) is 5.48 Å². The predicted molar refractivity (Wildman–Crippen MR) is 304 cm³/mol. The molecule has 0 radical (unpaired) electrons. The van der Waals surface area contributed by atoms with Crippen molar-refractivity contribution in [3.05, 3.63) is 99.8 Å². The molecule has 3 aliphatic heterocycles. The van der Waals surface area contributed by atoms with E-state index in [2.05, 4.69) is 116 Å². The Morgan fingerprint density at radius 1 is 1.00 bits per heavy atom. The number of ketones is 1. The fourth-order valence-corrected chi connectivity index (χ4v) is 15.9. The highest BCUT2D eigenvalue weighted by Gasteiger charge is 2.68. The van der Waals surface area contributed by atoms with Crippen LogP contribution >= 0.6 is 0 Å². The fraction of sp³-hybridized carbons (Fsp3) is 0.712. The molecule has 9 rings (SSSR count). The van der Waals surface area contributed by atoms with E-state index in [0.29, 0.717) is 55.3 Å². The smallest absolute Gasteiger partial charge is 0.342 e. The highest BCUT2D eigenvalue weighted by atomic mass is 16.7. The predicted octanol–water partition coefficient (Wildman–Crippen LogP) is 11.1. The molecule has 13 heteroatoms. The molecule has 3 heterocycles. The maximum Gasteiger partial charge on any atom is 0.342 e. The van der Waals surface area contributed by atoms with E-state index in [1.165, 1.54) is 16.7 Å². The Bertz CT molecular complexity index is 2560. The number of rotatable bonds is 19. The van der Waals surface area contributed by atoms with Crippen molar-refractivity contribution in [1.29, 1.82) is 0 Å². The van der Waals surface area contributed by atoms with Crippen LogP contribution in [-0.4, -0.2) is 94.1 Å². The average Bonchev–Trinajstić information content (AvgIpc) is 4.10. The molecule has 0 aromatic carbocycles. The summed E-state index contributed by atoms with van der Waals surface area (Å²) in [6.07, 6.45) is 23.7.